The Bertz CT molecular complexity index is 1090. The molecule has 2 saturated heterocycles. The van der Waals surface area contributed by atoms with Crippen molar-refractivity contribution in [2.75, 3.05) is 68.8 Å². The SMILES string of the molecule is O=c1c2cnc(N3CCN(c4ccccc4)CC3)nc2ccn1CCCN1CCOCC1. The van der Waals surface area contributed by atoms with Crippen molar-refractivity contribution in [2.24, 2.45) is 0 Å². The summed E-state index contributed by atoms with van der Waals surface area (Å²) in [5.74, 6) is 0.703. The predicted octanol–water partition coefficient (Wildman–Crippen LogP) is 1.84. The standard InChI is InChI=1S/C24H30N6O2/c31-23-21-19-25-24(30-13-11-28(12-14-30)20-5-2-1-3-6-20)26-22(21)7-10-29(23)9-4-8-27-15-17-32-18-16-27/h1-3,5-7,10,19H,4,8-9,11-18H2. The number of benzene rings is 1. The molecule has 1 aromatic carbocycles. The van der Waals surface area contributed by atoms with Crippen molar-refractivity contribution in [1.29, 1.82) is 0 Å². The number of nitrogens with zero attached hydrogens (tertiary/aromatic N) is 6. The number of ether oxygens (including phenoxy) is 1. The molecule has 0 unspecified atom stereocenters. The summed E-state index contributed by atoms with van der Waals surface area (Å²) >= 11 is 0. The number of pyridine rings is 1. The molecule has 8 heteroatoms. The van der Waals surface area contributed by atoms with Crippen molar-refractivity contribution in [3.05, 3.63) is 59.1 Å². The first kappa shape index (κ1) is 20.9. The number of aromatic nitrogens is 3. The molecule has 0 saturated carbocycles. The number of para-hydroxylation sites is 1. The average molecular weight is 435 g/mol. The maximum atomic E-state index is 12.9. The zero-order chi connectivity index (χ0) is 21.8. The van der Waals surface area contributed by atoms with Crippen LogP contribution >= 0.6 is 0 Å². The van der Waals surface area contributed by atoms with Crippen LogP contribution in [-0.2, 0) is 11.3 Å². The minimum atomic E-state index is -0.00933. The van der Waals surface area contributed by atoms with Gasteiger partial charge in [0.1, 0.15) is 0 Å². The Kier molecular flexibility index (Phi) is 6.31. The lowest BCUT2D eigenvalue weighted by Crippen LogP contribution is -2.47. The molecule has 4 heterocycles. The van der Waals surface area contributed by atoms with Crippen LogP contribution in [0.3, 0.4) is 0 Å². The second-order valence-electron chi connectivity index (χ2n) is 8.40. The number of hydrogen-bond donors (Lipinski definition) is 0. The highest BCUT2D eigenvalue weighted by molar-refractivity contribution is 5.77. The lowest BCUT2D eigenvalue weighted by molar-refractivity contribution is 0.0369. The summed E-state index contributed by atoms with van der Waals surface area (Å²) in [5, 5.41) is 0.588. The summed E-state index contributed by atoms with van der Waals surface area (Å²) in [6, 6.07) is 12.4. The quantitative estimate of drug-likeness (QED) is 0.587. The molecule has 5 rings (SSSR count). The number of rotatable bonds is 6. The van der Waals surface area contributed by atoms with Crippen molar-refractivity contribution in [3.8, 4) is 0 Å². The molecule has 0 bridgehead atoms. The van der Waals surface area contributed by atoms with Gasteiger partial charge in [-0.15, -0.1) is 0 Å². The molecule has 0 spiro atoms. The number of piperazine rings is 1. The fraction of sp³-hybridized carbons (Fsp3) is 0.458. The van der Waals surface area contributed by atoms with Gasteiger partial charge in [0.15, 0.2) is 0 Å². The Morgan fingerprint density at radius 3 is 2.41 bits per heavy atom. The second kappa shape index (κ2) is 9.67. The lowest BCUT2D eigenvalue weighted by atomic mass is 10.2. The third-order valence-electron chi connectivity index (χ3n) is 6.37. The molecule has 2 aliphatic heterocycles. The molecule has 0 amide bonds. The van der Waals surface area contributed by atoms with Gasteiger partial charge in [0.05, 0.1) is 24.1 Å². The van der Waals surface area contributed by atoms with Gasteiger partial charge in [0.2, 0.25) is 5.95 Å². The zero-order valence-electron chi connectivity index (χ0n) is 18.4. The molecule has 2 fully saturated rings. The number of aryl methyl sites for hydroxylation is 1. The van der Waals surface area contributed by atoms with E-state index in [1.54, 1.807) is 10.8 Å². The van der Waals surface area contributed by atoms with Crippen LogP contribution in [0.25, 0.3) is 10.9 Å². The van der Waals surface area contributed by atoms with Gasteiger partial charge in [-0.2, -0.15) is 0 Å². The van der Waals surface area contributed by atoms with Crippen molar-refractivity contribution in [3.63, 3.8) is 0 Å². The van der Waals surface area contributed by atoms with E-state index in [2.05, 4.69) is 43.9 Å². The summed E-state index contributed by atoms with van der Waals surface area (Å²) in [4.78, 5) is 29.2. The first-order valence-electron chi connectivity index (χ1n) is 11.5. The van der Waals surface area contributed by atoms with Crippen LogP contribution in [0, 0.1) is 0 Å². The summed E-state index contributed by atoms with van der Waals surface area (Å²) < 4.78 is 7.18. The van der Waals surface area contributed by atoms with E-state index < -0.39 is 0 Å². The van der Waals surface area contributed by atoms with E-state index in [1.807, 2.05) is 18.3 Å². The van der Waals surface area contributed by atoms with Gasteiger partial charge < -0.3 is 19.1 Å². The summed E-state index contributed by atoms with van der Waals surface area (Å²) in [7, 11) is 0. The van der Waals surface area contributed by atoms with Crippen LogP contribution in [0.4, 0.5) is 11.6 Å². The third kappa shape index (κ3) is 4.61. The molecule has 8 nitrogen and oxygen atoms in total. The van der Waals surface area contributed by atoms with Crippen molar-refractivity contribution in [1.82, 2.24) is 19.4 Å². The average Bonchev–Trinajstić information content (AvgIpc) is 2.86. The Balaban J connectivity index is 1.23. The molecule has 168 valence electrons. The van der Waals surface area contributed by atoms with E-state index in [0.29, 0.717) is 17.9 Å². The molecular formula is C24H30N6O2. The van der Waals surface area contributed by atoms with Gasteiger partial charge in [-0.25, -0.2) is 9.97 Å². The van der Waals surface area contributed by atoms with Crippen molar-refractivity contribution in [2.45, 2.75) is 13.0 Å². The van der Waals surface area contributed by atoms with Gasteiger partial charge in [0.25, 0.3) is 5.56 Å². The van der Waals surface area contributed by atoms with Crippen LogP contribution in [0.15, 0.2) is 53.6 Å². The van der Waals surface area contributed by atoms with Crippen molar-refractivity contribution >= 4 is 22.5 Å². The molecular weight excluding hydrogens is 404 g/mol. The van der Waals surface area contributed by atoms with Crippen molar-refractivity contribution < 1.29 is 4.74 Å². The molecule has 2 aromatic heterocycles. The summed E-state index contributed by atoms with van der Waals surface area (Å²) in [5.41, 5.74) is 1.96. The Morgan fingerprint density at radius 1 is 0.875 bits per heavy atom. The van der Waals surface area contributed by atoms with E-state index in [9.17, 15) is 4.79 Å². The molecule has 32 heavy (non-hydrogen) atoms. The first-order valence-corrected chi connectivity index (χ1v) is 11.5. The topological polar surface area (TPSA) is 66.7 Å². The molecule has 2 aliphatic rings. The van der Waals surface area contributed by atoms with Crippen LogP contribution in [-0.4, -0.2) is 78.5 Å². The number of morpholine rings is 1. The Hall–Kier alpha value is -2.97. The summed E-state index contributed by atoms with van der Waals surface area (Å²) in [6.07, 6.45) is 4.51. The highest BCUT2D eigenvalue weighted by atomic mass is 16.5. The monoisotopic (exact) mass is 434 g/mol. The fourth-order valence-electron chi connectivity index (χ4n) is 4.48. The number of hydrogen-bond acceptors (Lipinski definition) is 7. The molecule has 0 radical (unpaired) electrons. The van der Waals surface area contributed by atoms with E-state index >= 15 is 0 Å². The highest BCUT2D eigenvalue weighted by Crippen LogP contribution is 2.19. The maximum absolute atomic E-state index is 12.9. The summed E-state index contributed by atoms with van der Waals surface area (Å²) in [6.45, 7) is 8.82. The van der Waals surface area contributed by atoms with Crippen LogP contribution in [0.1, 0.15) is 6.42 Å². The maximum Gasteiger partial charge on any atom is 0.261 e. The predicted molar refractivity (Wildman–Crippen MR) is 127 cm³/mol. The highest BCUT2D eigenvalue weighted by Gasteiger charge is 2.20. The van der Waals surface area contributed by atoms with Gasteiger partial charge in [-0.1, -0.05) is 18.2 Å². The van der Waals surface area contributed by atoms with E-state index in [1.165, 1.54) is 5.69 Å². The minimum Gasteiger partial charge on any atom is -0.379 e. The minimum absolute atomic E-state index is 0.00933. The van der Waals surface area contributed by atoms with Gasteiger partial charge in [-0.3, -0.25) is 9.69 Å². The van der Waals surface area contributed by atoms with E-state index in [-0.39, 0.29) is 5.56 Å². The number of anilines is 2. The van der Waals surface area contributed by atoms with Crippen LogP contribution < -0.4 is 15.4 Å². The largest absolute Gasteiger partial charge is 0.379 e. The fourth-order valence-corrected chi connectivity index (χ4v) is 4.48. The van der Waals surface area contributed by atoms with E-state index in [0.717, 1.165) is 71.0 Å². The Labute approximate surface area is 188 Å². The van der Waals surface area contributed by atoms with Crippen LogP contribution in [0.2, 0.25) is 0 Å². The molecule has 0 N–H and O–H groups in total. The molecule has 3 aromatic rings. The van der Waals surface area contributed by atoms with E-state index in [4.69, 9.17) is 9.72 Å². The lowest BCUT2D eigenvalue weighted by Gasteiger charge is -2.36. The zero-order valence-corrected chi connectivity index (χ0v) is 18.4. The van der Waals surface area contributed by atoms with Gasteiger partial charge >= 0.3 is 0 Å². The molecule has 0 aliphatic carbocycles. The Morgan fingerprint density at radius 2 is 1.62 bits per heavy atom. The first-order chi connectivity index (χ1) is 15.8. The molecule has 0 atom stereocenters. The third-order valence-corrected chi connectivity index (χ3v) is 6.37. The normalized spacial score (nSPS) is 17.8. The number of fused-ring (bicyclic) bond motifs is 1. The smallest absolute Gasteiger partial charge is 0.261 e. The van der Waals surface area contributed by atoms with Crippen LogP contribution in [0.5, 0.6) is 0 Å². The van der Waals surface area contributed by atoms with Gasteiger partial charge in [-0.05, 0) is 24.6 Å². The second-order valence-corrected chi connectivity index (χ2v) is 8.40. The van der Waals surface area contributed by atoms with Gasteiger partial charge in [0, 0.05) is 70.4 Å².